The van der Waals surface area contributed by atoms with Gasteiger partial charge in [-0.25, -0.2) is 4.98 Å². The maximum absolute atomic E-state index is 11.9. The van der Waals surface area contributed by atoms with Gasteiger partial charge in [0.15, 0.2) is 0 Å². The van der Waals surface area contributed by atoms with Crippen LogP contribution in [0.15, 0.2) is 30.3 Å². The molecule has 7 nitrogen and oxygen atoms in total. The third-order valence-electron chi connectivity index (χ3n) is 7.86. The van der Waals surface area contributed by atoms with E-state index in [1.54, 1.807) is 0 Å². The number of aliphatic carboxylic acids is 1. The topological polar surface area (TPSA) is 94.9 Å². The second-order valence-electron chi connectivity index (χ2n) is 10.8. The molecule has 202 valence electrons. The first kappa shape index (κ1) is 27.4. The minimum Gasteiger partial charge on any atom is -0.493 e. The van der Waals surface area contributed by atoms with Gasteiger partial charge in [-0.15, -0.1) is 0 Å². The van der Waals surface area contributed by atoms with Crippen LogP contribution in [0.2, 0.25) is 0 Å². The lowest BCUT2D eigenvalue weighted by Gasteiger charge is -2.32. The summed E-state index contributed by atoms with van der Waals surface area (Å²) in [6.45, 7) is 8.20. The van der Waals surface area contributed by atoms with Gasteiger partial charge in [0.1, 0.15) is 17.6 Å². The Morgan fingerprint density at radius 2 is 1.97 bits per heavy atom. The second kappa shape index (κ2) is 13.2. The molecule has 3 aliphatic heterocycles. The number of carbonyl (C=O) groups is 1. The number of rotatable bonds is 8. The highest BCUT2D eigenvalue weighted by molar-refractivity contribution is 5.76. The van der Waals surface area contributed by atoms with Crippen molar-refractivity contribution in [1.82, 2.24) is 9.88 Å². The van der Waals surface area contributed by atoms with E-state index >= 15 is 0 Å². The summed E-state index contributed by atoms with van der Waals surface area (Å²) in [6.07, 6.45) is 8.30. The second-order valence-corrected chi connectivity index (χ2v) is 10.8. The molecule has 2 unspecified atom stereocenters. The number of nitrogens with one attached hydrogen (secondary N) is 1. The molecule has 0 saturated carbocycles. The van der Waals surface area contributed by atoms with Gasteiger partial charge in [0.25, 0.3) is 0 Å². The highest BCUT2D eigenvalue weighted by atomic mass is 16.5. The number of benzene rings is 1. The molecule has 1 saturated heterocycles. The Labute approximate surface area is 221 Å². The number of likely N-dealkylation sites (tertiary alicyclic amines) is 1. The SMILES string of the molecule is CC(C)C1COc2cccc(C(C(=O)O)N3CCCC3)c2C1.OCCCCc1ccc2c(n1)NCCC2. The first-order chi connectivity index (χ1) is 18.0. The molecule has 1 aromatic carbocycles. The Hall–Kier alpha value is -2.64. The van der Waals surface area contributed by atoms with Crippen LogP contribution in [0, 0.1) is 11.8 Å². The minimum atomic E-state index is -0.748. The van der Waals surface area contributed by atoms with Crippen LogP contribution in [0.5, 0.6) is 5.75 Å². The molecule has 0 amide bonds. The monoisotopic (exact) mass is 509 g/mol. The van der Waals surface area contributed by atoms with Crippen molar-refractivity contribution in [3.63, 3.8) is 0 Å². The number of hydrogen-bond donors (Lipinski definition) is 3. The van der Waals surface area contributed by atoms with Crippen LogP contribution in [0.1, 0.15) is 74.4 Å². The fourth-order valence-corrected chi connectivity index (χ4v) is 5.55. The van der Waals surface area contributed by atoms with E-state index in [-0.39, 0.29) is 6.61 Å². The average molecular weight is 510 g/mol. The lowest BCUT2D eigenvalue weighted by Crippen LogP contribution is -2.34. The summed E-state index contributed by atoms with van der Waals surface area (Å²) in [7, 11) is 0. The molecule has 2 aromatic rings. The van der Waals surface area contributed by atoms with Gasteiger partial charge in [-0.2, -0.15) is 0 Å². The Morgan fingerprint density at radius 3 is 2.70 bits per heavy atom. The highest BCUT2D eigenvalue weighted by Gasteiger charge is 2.34. The number of ether oxygens (including phenoxy) is 1. The van der Waals surface area contributed by atoms with E-state index in [9.17, 15) is 9.90 Å². The molecule has 3 N–H and O–H groups in total. The Morgan fingerprint density at radius 1 is 1.16 bits per heavy atom. The fourth-order valence-electron chi connectivity index (χ4n) is 5.55. The van der Waals surface area contributed by atoms with Gasteiger partial charge < -0.3 is 20.3 Å². The zero-order valence-corrected chi connectivity index (χ0v) is 22.4. The summed E-state index contributed by atoms with van der Waals surface area (Å²) in [4.78, 5) is 18.6. The van der Waals surface area contributed by atoms with Gasteiger partial charge in [0.05, 0.1) is 6.61 Å². The zero-order chi connectivity index (χ0) is 26.2. The van der Waals surface area contributed by atoms with E-state index in [0.717, 1.165) is 99.6 Å². The predicted molar refractivity (Wildman–Crippen MR) is 146 cm³/mol. The number of hydrogen-bond acceptors (Lipinski definition) is 6. The van der Waals surface area contributed by atoms with E-state index in [4.69, 9.17) is 9.84 Å². The van der Waals surface area contributed by atoms with Crippen LogP contribution in [0.3, 0.4) is 0 Å². The lowest BCUT2D eigenvalue weighted by atomic mass is 9.84. The third kappa shape index (κ3) is 7.02. The Kier molecular flexibility index (Phi) is 9.81. The van der Waals surface area contributed by atoms with E-state index in [0.29, 0.717) is 11.8 Å². The largest absolute Gasteiger partial charge is 0.493 e. The summed E-state index contributed by atoms with van der Waals surface area (Å²) >= 11 is 0. The van der Waals surface area contributed by atoms with Crippen molar-refractivity contribution in [2.45, 2.75) is 71.3 Å². The predicted octanol–water partition coefficient (Wildman–Crippen LogP) is 4.87. The number of aryl methyl sites for hydroxylation is 2. The van der Waals surface area contributed by atoms with E-state index in [2.05, 4.69) is 41.2 Å². The zero-order valence-electron chi connectivity index (χ0n) is 22.4. The third-order valence-corrected chi connectivity index (χ3v) is 7.86. The molecule has 2 atom stereocenters. The summed E-state index contributed by atoms with van der Waals surface area (Å²) in [5.74, 6) is 2.20. The first-order valence-electron chi connectivity index (χ1n) is 14.0. The van der Waals surface area contributed by atoms with Crippen molar-refractivity contribution < 1.29 is 19.7 Å². The number of unbranched alkanes of at least 4 members (excludes halogenated alkanes) is 1. The molecule has 4 heterocycles. The quantitative estimate of drug-likeness (QED) is 0.437. The molecule has 5 rings (SSSR count). The summed E-state index contributed by atoms with van der Waals surface area (Å²) in [6, 6.07) is 9.63. The van der Waals surface area contributed by atoms with Crippen molar-refractivity contribution >= 4 is 11.8 Å². The first-order valence-corrected chi connectivity index (χ1v) is 14.0. The molecule has 1 fully saturated rings. The molecular weight excluding hydrogens is 466 g/mol. The molecule has 37 heavy (non-hydrogen) atoms. The summed E-state index contributed by atoms with van der Waals surface area (Å²) in [5.41, 5.74) is 4.51. The maximum Gasteiger partial charge on any atom is 0.325 e. The van der Waals surface area contributed by atoms with Crippen LogP contribution in [-0.2, 0) is 24.1 Å². The van der Waals surface area contributed by atoms with Crippen LogP contribution >= 0.6 is 0 Å². The highest BCUT2D eigenvalue weighted by Crippen LogP contribution is 2.38. The van der Waals surface area contributed by atoms with Crippen LogP contribution in [-0.4, -0.2) is 58.9 Å². The van der Waals surface area contributed by atoms with Gasteiger partial charge in [0.2, 0.25) is 0 Å². The molecule has 1 aromatic heterocycles. The summed E-state index contributed by atoms with van der Waals surface area (Å²) in [5, 5.41) is 21.8. The molecule has 0 radical (unpaired) electrons. The minimum absolute atomic E-state index is 0.281. The van der Waals surface area contributed by atoms with Gasteiger partial charge in [-0.05, 0) is 105 Å². The van der Waals surface area contributed by atoms with Gasteiger partial charge in [-0.1, -0.05) is 32.0 Å². The van der Waals surface area contributed by atoms with Gasteiger partial charge >= 0.3 is 5.97 Å². The standard InChI is InChI=1S/C18H25NO3.C12H18N2O/c1-12(2)13-10-15-14(6-5-7-16(15)22-11-13)17(18(20)21)19-8-3-4-9-19;15-9-2-1-5-11-7-6-10-4-3-8-13-12(10)14-11/h5-7,12-13,17H,3-4,8-11H2,1-2H3,(H,20,21);6-7,15H,1-5,8-9H2,(H,13,14). The number of aliphatic hydroxyl groups excluding tert-OH is 1. The van der Waals surface area contributed by atoms with E-state index < -0.39 is 12.0 Å². The number of carboxylic acid groups (broad SMARTS) is 1. The van der Waals surface area contributed by atoms with Crippen molar-refractivity contribution in [1.29, 1.82) is 0 Å². The Balaban J connectivity index is 0.000000186. The molecular formula is C30H43N3O4. The van der Waals surface area contributed by atoms with Crippen molar-refractivity contribution in [3.8, 4) is 5.75 Å². The Bertz CT molecular complexity index is 1040. The number of pyridine rings is 1. The van der Waals surface area contributed by atoms with Gasteiger partial charge in [0, 0.05) is 18.8 Å². The fraction of sp³-hybridized carbons (Fsp3) is 0.600. The number of nitrogens with zero attached hydrogens (tertiary/aromatic N) is 2. The molecule has 0 bridgehead atoms. The number of fused-ring (bicyclic) bond motifs is 2. The molecule has 7 heteroatoms. The normalized spacial score (nSPS) is 19.6. The molecule has 3 aliphatic rings. The maximum atomic E-state index is 11.9. The van der Waals surface area contributed by atoms with Crippen molar-refractivity contribution in [2.24, 2.45) is 11.8 Å². The van der Waals surface area contributed by atoms with Crippen LogP contribution in [0.25, 0.3) is 0 Å². The number of carboxylic acids is 1. The molecule has 0 spiro atoms. The van der Waals surface area contributed by atoms with Gasteiger partial charge in [-0.3, -0.25) is 9.69 Å². The van der Waals surface area contributed by atoms with E-state index in [1.807, 2.05) is 18.2 Å². The van der Waals surface area contributed by atoms with Crippen LogP contribution < -0.4 is 10.1 Å². The lowest BCUT2D eigenvalue weighted by molar-refractivity contribution is -0.143. The smallest absolute Gasteiger partial charge is 0.325 e. The number of anilines is 1. The van der Waals surface area contributed by atoms with E-state index in [1.165, 1.54) is 12.0 Å². The summed E-state index contributed by atoms with van der Waals surface area (Å²) < 4.78 is 5.92. The number of aromatic nitrogens is 1. The van der Waals surface area contributed by atoms with Crippen molar-refractivity contribution in [3.05, 3.63) is 52.7 Å². The number of aliphatic hydroxyl groups is 1. The van der Waals surface area contributed by atoms with Crippen LogP contribution in [0.4, 0.5) is 5.82 Å². The average Bonchev–Trinajstić information content (AvgIpc) is 3.43. The molecule has 0 aliphatic carbocycles. The van der Waals surface area contributed by atoms with Crippen molar-refractivity contribution in [2.75, 3.05) is 38.2 Å².